The summed E-state index contributed by atoms with van der Waals surface area (Å²) in [5.74, 6) is -0.354. The maximum atomic E-state index is 14.4. The Morgan fingerprint density at radius 3 is 2.95 bits per heavy atom. The molecule has 4 heterocycles. The number of benzene rings is 1. The van der Waals surface area contributed by atoms with Crippen LogP contribution in [0.25, 0.3) is 0 Å². The molecule has 7 nitrogen and oxygen atoms in total. The second-order valence-corrected chi connectivity index (χ2v) is 12.1. The fourth-order valence-corrected chi connectivity index (χ4v) is 6.10. The smallest absolute Gasteiger partial charge is 0.325 e. The fraction of sp³-hybridized carbons (Fsp3) is 0.613. The standard InChI is InChI=1S/C31H42FN3O4/c1-31(2)14-12-27(39-20-31)25-11-9-22(32)18-26(25)28(30(36)37)35-16-13-24(19-35)38-17-4-3-7-23-10-8-21-6-5-15-33-29(21)34-23/h8-11,18,24,27-28H,3-7,12-17,19-20H2,1-2H3,(H,33,34)(H,36,37)/t24-,27-,28?/m1/s1. The molecule has 2 aromatic rings. The quantitative estimate of drug-likeness (QED) is 0.375. The van der Waals surface area contributed by atoms with Crippen molar-refractivity contribution in [2.75, 3.05) is 38.2 Å². The van der Waals surface area contributed by atoms with Gasteiger partial charge in [-0.1, -0.05) is 26.0 Å². The SMILES string of the molecule is CC1(C)CC[C@H](c2ccc(F)cc2C(C(=O)O)N2CC[C@@H](OCCCCc3ccc4c(n3)NCCC4)C2)OC1. The first-order valence-corrected chi connectivity index (χ1v) is 14.5. The molecule has 0 radical (unpaired) electrons. The Morgan fingerprint density at radius 2 is 2.15 bits per heavy atom. The molecular weight excluding hydrogens is 497 g/mol. The van der Waals surface area contributed by atoms with E-state index in [1.807, 2.05) is 4.90 Å². The lowest BCUT2D eigenvalue weighted by atomic mass is 9.82. The summed E-state index contributed by atoms with van der Waals surface area (Å²) in [6.45, 7) is 7.68. The number of nitrogens with one attached hydrogen (secondary N) is 1. The average Bonchev–Trinajstić information content (AvgIpc) is 3.37. The highest BCUT2D eigenvalue weighted by atomic mass is 19.1. The number of aromatic nitrogens is 1. The summed E-state index contributed by atoms with van der Waals surface area (Å²) in [4.78, 5) is 19.2. The van der Waals surface area contributed by atoms with Gasteiger partial charge in [0, 0.05) is 31.9 Å². The predicted molar refractivity (Wildman–Crippen MR) is 148 cm³/mol. The number of carboxylic acid groups (broad SMARTS) is 1. The zero-order chi connectivity index (χ0) is 27.4. The summed E-state index contributed by atoms with van der Waals surface area (Å²) in [5.41, 5.74) is 3.79. The van der Waals surface area contributed by atoms with Crippen molar-refractivity contribution >= 4 is 11.8 Å². The number of halogens is 1. The van der Waals surface area contributed by atoms with E-state index in [0.29, 0.717) is 31.9 Å². The molecule has 212 valence electrons. The number of fused-ring (bicyclic) bond motifs is 1. The van der Waals surface area contributed by atoms with Crippen molar-refractivity contribution in [3.8, 4) is 0 Å². The average molecular weight is 540 g/mol. The second kappa shape index (κ2) is 12.3. The first kappa shape index (κ1) is 28.0. The highest BCUT2D eigenvalue weighted by molar-refractivity contribution is 5.76. The van der Waals surface area contributed by atoms with Crippen molar-refractivity contribution in [2.45, 2.75) is 83.5 Å². The minimum absolute atomic E-state index is 0.0262. The van der Waals surface area contributed by atoms with E-state index in [1.54, 1.807) is 6.07 Å². The number of unbranched alkanes of at least 4 members (excludes halogenated alkanes) is 1. The minimum atomic E-state index is -0.967. The minimum Gasteiger partial charge on any atom is -0.480 e. The number of hydrogen-bond acceptors (Lipinski definition) is 6. The van der Waals surface area contributed by atoms with E-state index in [2.05, 4.69) is 31.3 Å². The first-order chi connectivity index (χ1) is 18.8. The molecule has 0 aliphatic carbocycles. The molecule has 1 aromatic carbocycles. The van der Waals surface area contributed by atoms with Crippen LogP contribution in [0.5, 0.6) is 0 Å². The van der Waals surface area contributed by atoms with Gasteiger partial charge in [0.2, 0.25) is 0 Å². The van der Waals surface area contributed by atoms with E-state index in [4.69, 9.17) is 14.5 Å². The number of carbonyl (C=O) groups is 1. The first-order valence-electron chi connectivity index (χ1n) is 14.5. The maximum absolute atomic E-state index is 14.4. The molecule has 3 aliphatic rings. The van der Waals surface area contributed by atoms with E-state index in [-0.39, 0.29) is 17.6 Å². The Morgan fingerprint density at radius 1 is 1.28 bits per heavy atom. The summed E-state index contributed by atoms with van der Waals surface area (Å²) in [5, 5.41) is 13.6. The van der Waals surface area contributed by atoms with Gasteiger partial charge in [0.1, 0.15) is 17.7 Å². The molecule has 5 rings (SSSR count). The van der Waals surface area contributed by atoms with Crippen LogP contribution in [-0.2, 0) is 27.1 Å². The molecule has 1 unspecified atom stereocenters. The van der Waals surface area contributed by atoms with Gasteiger partial charge in [-0.2, -0.15) is 0 Å². The maximum Gasteiger partial charge on any atom is 0.325 e. The molecular formula is C31H42FN3O4. The normalized spacial score (nSPS) is 23.7. The number of aryl methyl sites for hydroxylation is 2. The summed E-state index contributed by atoms with van der Waals surface area (Å²) < 4.78 is 26.7. The van der Waals surface area contributed by atoms with Gasteiger partial charge in [-0.3, -0.25) is 9.69 Å². The van der Waals surface area contributed by atoms with Crippen LogP contribution in [-0.4, -0.2) is 59.9 Å². The lowest BCUT2D eigenvalue weighted by Crippen LogP contribution is -2.35. The third kappa shape index (κ3) is 6.97. The molecule has 0 bridgehead atoms. The summed E-state index contributed by atoms with van der Waals surface area (Å²) >= 11 is 0. The Kier molecular flexibility index (Phi) is 8.84. The second-order valence-electron chi connectivity index (χ2n) is 12.1. The number of pyridine rings is 1. The summed E-state index contributed by atoms with van der Waals surface area (Å²) in [6, 6.07) is 7.90. The predicted octanol–water partition coefficient (Wildman–Crippen LogP) is 5.70. The molecule has 3 atom stereocenters. The van der Waals surface area contributed by atoms with Crippen LogP contribution in [0, 0.1) is 11.2 Å². The van der Waals surface area contributed by atoms with Crippen molar-refractivity contribution in [2.24, 2.45) is 5.41 Å². The van der Waals surface area contributed by atoms with E-state index in [9.17, 15) is 14.3 Å². The number of hydrogen-bond donors (Lipinski definition) is 2. The number of likely N-dealkylation sites (tertiary alicyclic amines) is 1. The van der Waals surface area contributed by atoms with Crippen molar-refractivity contribution in [1.82, 2.24) is 9.88 Å². The van der Waals surface area contributed by atoms with Crippen LogP contribution in [0.1, 0.15) is 86.9 Å². The van der Waals surface area contributed by atoms with E-state index in [1.165, 1.54) is 17.7 Å². The molecule has 0 amide bonds. The van der Waals surface area contributed by atoms with Crippen molar-refractivity contribution < 1.29 is 23.8 Å². The van der Waals surface area contributed by atoms with Crippen molar-refractivity contribution in [3.63, 3.8) is 0 Å². The lowest BCUT2D eigenvalue weighted by molar-refractivity contribution is -0.143. The van der Waals surface area contributed by atoms with Crippen LogP contribution < -0.4 is 5.32 Å². The Labute approximate surface area is 231 Å². The van der Waals surface area contributed by atoms with Gasteiger partial charge in [0.05, 0.1) is 18.8 Å². The summed E-state index contributed by atoms with van der Waals surface area (Å²) in [6.07, 6.45) is 7.38. The topological polar surface area (TPSA) is 83.9 Å². The van der Waals surface area contributed by atoms with Gasteiger partial charge in [0.15, 0.2) is 0 Å². The molecule has 0 spiro atoms. The Bertz CT molecular complexity index is 1150. The van der Waals surface area contributed by atoms with E-state index in [0.717, 1.165) is 75.0 Å². The van der Waals surface area contributed by atoms with Gasteiger partial charge in [0.25, 0.3) is 0 Å². The zero-order valence-corrected chi connectivity index (χ0v) is 23.3. The number of carboxylic acids is 1. The third-order valence-electron chi connectivity index (χ3n) is 8.36. The molecule has 1 aromatic heterocycles. The molecule has 3 aliphatic heterocycles. The van der Waals surface area contributed by atoms with Gasteiger partial charge in [-0.15, -0.1) is 0 Å². The number of nitrogens with zero attached hydrogens (tertiary/aromatic N) is 2. The van der Waals surface area contributed by atoms with Crippen LogP contribution in [0.4, 0.5) is 10.2 Å². The zero-order valence-electron chi connectivity index (χ0n) is 23.3. The molecule has 0 saturated carbocycles. The number of anilines is 1. The van der Waals surface area contributed by atoms with Crippen LogP contribution in [0.2, 0.25) is 0 Å². The molecule has 2 saturated heterocycles. The van der Waals surface area contributed by atoms with E-state index < -0.39 is 17.8 Å². The monoisotopic (exact) mass is 539 g/mol. The van der Waals surface area contributed by atoms with Crippen LogP contribution >= 0.6 is 0 Å². The molecule has 2 fully saturated rings. The Hall–Kier alpha value is -2.55. The highest BCUT2D eigenvalue weighted by Gasteiger charge is 2.38. The van der Waals surface area contributed by atoms with Crippen LogP contribution in [0.15, 0.2) is 30.3 Å². The summed E-state index contributed by atoms with van der Waals surface area (Å²) in [7, 11) is 0. The molecule has 2 N–H and O–H groups in total. The van der Waals surface area contributed by atoms with Gasteiger partial charge in [-0.05, 0) is 91.7 Å². The number of rotatable bonds is 10. The number of aliphatic carboxylic acids is 1. The molecule has 39 heavy (non-hydrogen) atoms. The van der Waals surface area contributed by atoms with Crippen LogP contribution in [0.3, 0.4) is 0 Å². The Balaban J connectivity index is 1.14. The highest BCUT2D eigenvalue weighted by Crippen LogP contribution is 2.41. The van der Waals surface area contributed by atoms with Gasteiger partial charge < -0.3 is 19.9 Å². The van der Waals surface area contributed by atoms with Gasteiger partial charge in [-0.25, -0.2) is 9.37 Å². The largest absolute Gasteiger partial charge is 0.480 e. The van der Waals surface area contributed by atoms with Crippen molar-refractivity contribution in [1.29, 1.82) is 0 Å². The number of ether oxygens (including phenoxy) is 2. The third-order valence-corrected chi connectivity index (χ3v) is 8.36. The molecule has 8 heteroatoms. The fourth-order valence-electron chi connectivity index (χ4n) is 6.10. The van der Waals surface area contributed by atoms with Gasteiger partial charge >= 0.3 is 5.97 Å². The van der Waals surface area contributed by atoms with E-state index >= 15 is 0 Å². The van der Waals surface area contributed by atoms with Crippen molar-refractivity contribution in [3.05, 3.63) is 58.5 Å². The lowest BCUT2D eigenvalue weighted by Gasteiger charge is -2.36.